The van der Waals surface area contributed by atoms with Gasteiger partial charge in [0.1, 0.15) is 0 Å². The quantitative estimate of drug-likeness (QED) is 0.229. The smallest absolute Gasteiger partial charge is 0.0579 e. The van der Waals surface area contributed by atoms with Gasteiger partial charge in [-0.2, -0.15) is 0 Å². The Hall–Kier alpha value is -4.88. The highest BCUT2D eigenvalue weighted by Gasteiger charge is 2.26. The SMILES string of the molecule is CC1c2ccccc2-n2c3ccc(-c4ccc(-c5ccc(-c6ccccc6)cc5)cc4)cc3c3cccc1c32. The molecule has 7 aromatic rings. The lowest BCUT2D eigenvalue weighted by atomic mass is 9.88. The van der Waals surface area contributed by atoms with E-state index in [0.717, 1.165) is 0 Å². The molecule has 1 heteroatoms. The lowest BCUT2D eigenvalue weighted by molar-refractivity contribution is 0.881. The van der Waals surface area contributed by atoms with Crippen molar-refractivity contribution in [2.24, 2.45) is 0 Å². The van der Waals surface area contributed by atoms with Crippen LogP contribution in [0.15, 0.2) is 140 Å². The molecule has 1 unspecified atom stereocenters. The summed E-state index contributed by atoms with van der Waals surface area (Å²) in [5.41, 5.74) is 14.2. The molecule has 0 bridgehead atoms. The maximum Gasteiger partial charge on any atom is 0.0579 e. The van der Waals surface area contributed by atoms with Crippen LogP contribution in [0.5, 0.6) is 0 Å². The van der Waals surface area contributed by atoms with E-state index in [1.54, 1.807) is 0 Å². The van der Waals surface area contributed by atoms with Gasteiger partial charge in [-0.15, -0.1) is 0 Å². The second-order valence-electron chi connectivity index (χ2n) is 10.6. The molecule has 2 heterocycles. The van der Waals surface area contributed by atoms with Gasteiger partial charge in [-0.05, 0) is 62.7 Å². The van der Waals surface area contributed by atoms with Crippen molar-refractivity contribution >= 4 is 21.8 Å². The number of rotatable bonds is 3. The van der Waals surface area contributed by atoms with Crippen LogP contribution >= 0.6 is 0 Å². The van der Waals surface area contributed by atoms with Crippen molar-refractivity contribution in [2.75, 3.05) is 0 Å². The maximum absolute atomic E-state index is 2.47. The minimum Gasteiger partial charge on any atom is -0.309 e. The first-order valence-corrected chi connectivity index (χ1v) is 13.7. The molecule has 8 rings (SSSR count). The number of para-hydroxylation sites is 2. The molecule has 0 spiro atoms. The monoisotopic (exact) mass is 497 g/mol. The summed E-state index contributed by atoms with van der Waals surface area (Å²) in [4.78, 5) is 0. The maximum atomic E-state index is 2.47. The Morgan fingerprint density at radius 3 is 1.67 bits per heavy atom. The Labute approximate surface area is 228 Å². The molecule has 1 nitrogen and oxygen atoms in total. The summed E-state index contributed by atoms with van der Waals surface area (Å²) in [6, 6.07) is 51.0. The van der Waals surface area contributed by atoms with Gasteiger partial charge in [0.15, 0.2) is 0 Å². The summed E-state index contributed by atoms with van der Waals surface area (Å²) >= 11 is 0. The zero-order valence-electron chi connectivity index (χ0n) is 21.8. The van der Waals surface area contributed by atoms with Crippen LogP contribution in [0.1, 0.15) is 24.0 Å². The van der Waals surface area contributed by atoms with Crippen LogP contribution < -0.4 is 0 Å². The molecule has 39 heavy (non-hydrogen) atoms. The van der Waals surface area contributed by atoms with E-state index in [4.69, 9.17) is 0 Å². The number of hydrogen-bond acceptors (Lipinski definition) is 0. The van der Waals surface area contributed by atoms with Crippen molar-refractivity contribution < 1.29 is 0 Å². The second kappa shape index (κ2) is 8.58. The molecular weight excluding hydrogens is 470 g/mol. The van der Waals surface area contributed by atoms with E-state index in [9.17, 15) is 0 Å². The Balaban J connectivity index is 1.19. The molecule has 184 valence electrons. The number of fused-ring (bicyclic) bond motifs is 5. The van der Waals surface area contributed by atoms with E-state index in [0.29, 0.717) is 5.92 Å². The molecule has 1 aromatic heterocycles. The molecule has 6 aromatic carbocycles. The van der Waals surface area contributed by atoms with Crippen LogP contribution in [-0.2, 0) is 0 Å². The average molecular weight is 498 g/mol. The zero-order valence-corrected chi connectivity index (χ0v) is 21.8. The van der Waals surface area contributed by atoms with Crippen LogP contribution in [0.4, 0.5) is 0 Å². The summed E-state index contributed by atoms with van der Waals surface area (Å²) in [5.74, 6) is 0.385. The predicted octanol–water partition coefficient (Wildman–Crippen LogP) is 10.2. The van der Waals surface area contributed by atoms with E-state index < -0.39 is 0 Å². The van der Waals surface area contributed by atoms with Crippen molar-refractivity contribution in [2.45, 2.75) is 12.8 Å². The number of nitrogens with zero attached hydrogens (tertiary/aromatic N) is 1. The molecular formula is C38H27N. The van der Waals surface area contributed by atoms with Crippen molar-refractivity contribution in [3.8, 4) is 39.1 Å². The minimum absolute atomic E-state index is 0.385. The van der Waals surface area contributed by atoms with Crippen LogP contribution in [0.3, 0.4) is 0 Å². The van der Waals surface area contributed by atoms with Crippen molar-refractivity contribution in [3.05, 3.63) is 151 Å². The van der Waals surface area contributed by atoms with Crippen LogP contribution in [-0.4, -0.2) is 4.57 Å². The van der Waals surface area contributed by atoms with E-state index in [1.807, 2.05) is 0 Å². The van der Waals surface area contributed by atoms with Gasteiger partial charge >= 0.3 is 0 Å². The van der Waals surface area contributed by atoms with Crippen LogP contribution in [0.2, 0.25) is 0 Å². The molecule has 0 saturated heterocycles. The van der Waals surface area contributed by atoms with Gasteiger partial charge in [0, 0.05) is 22.4 Å². The van der Waals surface area contributed by atoms with Gasteiger partial charge in [-0.3, -0.25) is 0 Å². The van der Waals surface area contributed by atoms with Crippen molar-refractivity contribution in [1.82, 2.24) is 4.57 Å². The first-order valence-electron chi connectivity index (χ1n) is 13.7. The summed E-state index contributed by atoms with van der Waals surface area (Å²) in [7, 11) is 0. The summed E-state index contributed by atoms with van der Waals surface area (Å²) in [5, 5.41) is 2.65. The Morgan fingerprint density at radius 1 is 0.436 bits per heavy atom. The normalized spacial score (nSPS) is 14.0. The number of benzene rings is 6. The molecule has 0 aliphatic carbocycles. The summed E-state index contributed by atoms with van der Waals surface area (Å²) < 4.78 is 2.47. The minimum atomic E-state index is 0.385. The van der Waals surface area contributed by atoms with E-state index in [-0.39, 0.29) is 0 Å². The predicted molar refractivity (Wildman–Crippen MR) is 165 cm³/mol. The number of hydrogen-bond donors (Lipinski definition) is 0. The van der Waals surface area contributed by atoms with Crippen LogP contribution in [0, 0.1) is 0 Å². The molecule has 0 amide bonds. The first-order chi connectivity index (χ1) is 19.3. The lowest BCUT2D eigenvalue weighted by Crippen LogP contribution is -2.11. The lowest BCUT2D eigenvalue weighted by Gasteiger charge is -2.25. The van der Waals surface area contributed by atoms with Gasteiger partial charge in [0.05, 0.1) is 11.0 Å². The zero-order chi connectivity index (χ0) is 25.9. The average Bonchev–Trinajstić information content (AvgIpc) is 3.35. The molecule has 1 aliphatic rings. The number of aromatic nitrogens is 1. The van der Waals surface area contributed by atoms with Crippen molar-refractivity contribution in [3.63, 3.8) is 0 Å². The van der Waals surface area contributed by atoms with Crippen molar-refractivity contribution in [1.29, 1.82) is 0 Å². The topological polar surface area (TPSA) is 4.93 Å². The summed E-state index contributed by atoms with van der Waals surface area (Å²) in [6.07, 6.45) is 0. The largest absolute Gasteiger partial charge is 0.309 e. The molecule has 1 atom stereocenters. The fraction of sp³-hybridized carbons (Fsp3) is 0.0526. The van der Waals surface area contributed by atoms with Gasteiger partial charge in [0.25, 0.3) is 0 Å². The third-order valence-electron chi connectivity index (χ3n) is 8.47. The molecule has 0 saturated carbocycles. The van der Waals surface area contributed by atoms with Gasteiger partial charge < -0.3 is 4.57 Å². The highest BCUT2D eigenvalue weighted by Crippen LogP contribution is 2.45. The fourth-order valence-electron chi connectivity index (χ4n) is 6.44. The molecule has 1 aliphatic heterocycles. The van der Waals surface area contributed by atoms with Gasteiger partial charge in [-0.25, -0.2) is 0 Å². The highest BCUT2D eigenvalue weighted by atomic mass is 15.0. The molecule has 0 radical (unpaired) electrons. The van der Waals surface area contributed by atoms with Gasteiger partial charge in [0.2, 0.25) is 0 Å². The third-order valence-corrected chi connectivity index (χ3v) is 8.47. The van der Waals surface area contributed by atoms with E-state index in [2.05, 4.69) is 151 Å². The van der Waals surface area contributed by atoms with E-state index in [1.165, 1.54) is 72.0 Å². The Bertz CT molecular complexity index is 1990. The molecule has 0 N–H and O–H groups in total. The molecule has 0 fully saturated rings. The second-order valence-corrected chi connectivity index (χ2v) is 10.6. The van der Waals surface area contributed by atoms with E-state index >= 15 is 0 Å². The Morgan fingerprint density at radius 2 is 0.974 bits per heavy atom. The third kappa shape index (κ3) is 3.40. The first kappa shape index (κ1) is 22.1. The Kier molecular flexibility index (Phi) is 4.87. The standard InChI is InChI=1S/C38H27N/c1-25-32-10-5-6-13-36(32)39-37-23-22-31(24-35(37)34-12-7-11-33(25)38(34)39)30-20-18-29(19-21-30)28-16-14-27(15-17-28)26-8-3-2-4-9-26/h2-25H,1H3. The fourth-order valence-corrected chi connectivity index (χ4v) is 6.44. The summed E-state index contributed by atoms with van der Waals surface area (Å²) in [6.45, 7) is 2.33. The highest BCUT2D eigenvalue weighted by molar-refractivity contribution is 6.12. The van der Waals surface area contributed by atoms with Crippen LogP contribution in [0.25, 0.3) is 60.9 Å². The van der Waals surface area contributed by atoms with Gasteiger partial charge in [-0.1, -0.05) is 128 Å².